The second-order valence-electron chi connectivity index (χ2n) is 25.3. The standard InChI is InChI=1S/C69H127NO18/c1-3-5-7-9-11-13-15-17-19-20-21-22-23-24-25-26-27-28-29-30-31-33-34-36-38-40-42-44-46-53(74)52(70-57(75)47-45-43-41-39-37-35-32-18-16-14-12-10-8-6-4-2)51-83-67-63(81)60(78)65(55(49-72)85-67)88-69-64(82)61(79)66(56(50-73)86-69)87-68-62(80)59(77)58(76)54(48-71)84-68/h18,32,36,38,44,46,52-56,58-69,71-74,76-82H,3-17,19-31,33-35,37,39-43,45,47-51H2,1-2H3,(H,70,75)/b32-18-,38-36+,46-44+. The Morgan fingerprint density at radius 3 is 1.14 bits per heavy atom. The van der Waals surface area contributed by atoms with E-state index in [9.17, 15) is 61.0 Å². The normalized spacial score (nSPS) is 28.6. The van der Waals surface area contributed by atoms with Gasteiger partial charge < -0.3 is 89.9 Å². The van der Waals surface area contributed by atoms with Crippen LogP contribution in [0.3, 0.4) is 0 Å². The van der Waals surface area contributed by atoms with Gasteiger partial charge in [0, 0.05) is 6.42 Å². The lowest BCUT2D eigenvalue weighted by Gasteiger charge is -2.48. The number of aliphatic hydroxyl groups excluding tert-OH is 11. The third-order valence-electron chi connectivity index (χ3n) is 17.7. The van der Waals surface area contributed by atoms with Crippen LogP contribution in [-0.4, -0.2) is 193 Å². The Labute approximate surface area is 530 Å². The highest BCUT2D eigenvalue weighted by Crippen LogP contribution is 2.33. The van der Waals surface area contributed by atoms with Gasteiger partial charge in [-0.2, -0.15) is 0 Å². The van der Waals surface area contributed by atoms with Gasteiger partial charge in [0.2, 0.25) is 5.91 Å². The summed E-state index contributed by atoms with van der Waals surface area (Å²) < 4.78 is 34.3. The van der Waals surface area contributed by atoms with E-state index in [4.69, 9.17) is 28.4 Å². The van der Waals surface area contributed by atoms with Crippen molar-refractivity contribution in [1.82, 2.24) is 5.32 Å². The molecule has 3 fully saturated rings. The summed E-state index contributed by atoms with van der Waals surface area (Å²) in [5, 5.41) is 120. The van der Waals surface area contributed by atoms with Gasteiger partial charge in [-0.15, -0.1) is 0 Å². The molecule has 1 amide bonds. The minimum Gasteiger partial charge on any atom is -0.394 e. The fraction of sp³-hybridized carbons (Fsp3) is 0.899. The molecular weight excluding hydrogens is 1130 g/mol. The fourth-order valence-electron chi connectivity index (χ4n) is 11.9. The first kappa shape index (κ1) is 80.2. The fourth-order valence-corrected chi connectivity index (χ4v) is 11.9. The first-order valence-corrected chi connectivity index (χ1v) is 35.2. The molecule has 3 aliphatic rings. The molecule has 0 aromatic heterocycles. The van der Waals surface area contributed by atoms with E-state index in [1.54, 1.807) is 6.08 Å². The summed E-state index contributed by atoms with van der Waals surface area (Å²) in [6, 6.07) is -0.994. The predicted molar refractivity (Wildman–Crippen MR) is 342 cm³/mol. The number of aliphatic hydroxyl groups is 11. The van der Waals surface area contributed by atoms with Crippen LogP contribution in [0.5, 0.6) is 0 Å². The number of carbonyl (C=O) groups is 1. The number of carbonyl (C=O) groups excluding carboxylic acids is 1. The Kier molecular flexibility index (Phi) is 46.9. The molecule has 0 aromatic rings. The Morgan fingerprint density at radius 1 is 0.398 bits per heavy atom. The van der Waals surface area contributed by atoms with Crippen molar-refractivity contribution in [3.63, 3.8) is 0 Å². The van der Waals surface area contributed by atoms with Crippen molar-refractivity contribution in [3.8, 4) is 0 Å². The van der Waals surface area contributed by atoms with Gasteiger partial charge in [0.25, 0.3) is 0 Å². The summed E-state index contributed by atoms with van der Waals surface area (Å²) in [5.74, 6) is -0.293. The Balaban J connectivity index is 1.43. The van der Waals surface area contributed by atoms with Crippen molar-refractivity contribution in [1.29, 1.82) is 0 Å². The summed E-state index contributed by atoms with van der Waals surface area (Å²) in [6.45, 7) is 1.72. The molecule has 3 heterocycles. The molecule has 0 spiro atoms. The van der Waals surface area contributed by atoms with Gasteiger partial charge in [-0.1, -0.05) is 237 Å². The lowest BCUT2D eigenvalue weighted by molar-refractivity contribution is -0.379. The van der Waals surface area contributed by atoms with E-state index in [1.165, 1.54) is 173 Å². The third-order valence-corrected chi connectivity index (χ3v) is 17.7. The van der Waals surface area contributed by atoms with Crippen LogP contribution in [-0.2, 0) is 33.2 Å². The zero-order valence-electron chi connectivity index (χ0n) is 54.5. The Bertz CT molecular complexity index is 1740. The van der Waals surface area contributed by atoms with Crippen LogP contribution in [0.25, 0.3) is 0 Å². The van der Waals surface area contributed by atoms with E-state index in [2.05, 4.69) is 43.5 Å². The first-order chi connectivity index (χ1) is 42.8. The molecule has 0 radical (unpaired) electrons. The van der Waals surface area contributed by atoms with Gasteiger partial charge >= 0.3 is 0 Å². The molecule has 0 aliphatic carbocycles. The van der Waals surface area contributed by atoms with E-state index in [-0.39, 0.29) is 18.9 Å². The molecule has 0 bridgehead atoms. The molecule has 516 valence electrons. The largest absolute Gasteiger partial charge is 0.394 e. The minimum absolute atomic E-state index is 0.226. The van der Waals surface area contributed by atoms with Crippen molar-refractivity contribution in [2.45, 2.75) is 369 Å². The molecular formula is C69H127NO18. The maximum Gasteiger partial charge on any atom is 0.220 e. The molecule has 17 unspecified atom stereocenters. The molecule has 0 aromatic carbocycles. The maximum absolute atomic E-state index is 13.4. The van der Waals surface area contributed by atoms with Gasteiger partial charge in [0.1, 0.15) is 73.2 Å². The summed E-state index contributed by atoms with van der Waals surface area (Å²) in [6.07, 6.45) is 32.8. The molecule has 3 rings (SSSR count). The topological polar surface area (TPSA) is 307 Å². The first-order valence-electron chi connectivity index (χ1n) is 35.2. The molecule has 17 atom stereocenters. The van der Waals surface area contributed by atoms with E-state index < -0.39 is 124 Å². The molecule has 19 nitrogen and oxygen atoms in total. The highest BCUT2D eigenvalue weighted by molar-refractivity contribution is 5.76. The van der Waals surface area contributed by atoms with Gasteiger partial charge in [0.05, 0.1) is 38.6 Å². The third kappa shape index (κ3) is 33.2. The van der Waals surface area contributed by atoms with Crippen molar-refractivity contribution >= 4 is 5.91 Å². The number of rotatable bonds is 54. The number of amides is 1. The summed E-state index contributed by atoms with van der Waals surface area (Å²) in [4.78, 5) is 13.4. The van der Waals surface area contributed by atoms with Crippen molar-refractivity contribution in [2.24, 2.45) is 0 Å². The van der Waals surface area contributed by atoms with Crippen molar-refractivity contribution in [3.05, 3.63) is 36.5 Å². The molecule has 3 aliphatic heterocycles. The van der Waals surface area contributed by atoms with Crippen LogP contribution < -0.4 is 5.32 Å². The SMILES string of the molecule is CCCCCCCC/C=C\CCCCCCCC(=O)NC(COC1OC(CO)C(OC2OC(CO)C(OC3OC(CO)C(O)C(O)C3O)C(O)C2O)C(O)C1O)C(O)/C=C/CC/C=C/CCCCCCCCCCCCCCCCCCCCCCCC. The van der Waals surface area contributed by atoms with Crippen LogP contribution in [0, 0.1) is 0 Å². The van der Waals surface area contributed by atoms with E-state index >= 15 is 0 Å². The van der Waals surface area contributed by atoms with E-state index in [0.29, 0.717) is 12.8 Å². The Morgan fingerprint density at radius 2 is 0.727 bits per heavy atom. The number of unbranched alkanes of at least 4 members (excludes halogenated alkanes) is 34. The molecule has 3 saturated heterocycles. The van der Waals surface area contributed by atoms with Gasteiger partial charge in [-0.05, 0) is 57.8 Å². The minimum atomic E-state index is -1.98. The number of allylic oxidation sites excluding steroid dienone is 5. The lowest BCUT2D eigenvalue weighted by Crippen LogP contribution is -2.66. The highest BCUT2D eigenvalue weighted by atomic mass is 16.8. The number of hydrogen-bond acceptors (Lipinski definition) is 18. The van der Waals surface area contributed by atoms with Gasteiger partial charge in [-0.25, -0.2) is 0 Å². The van der Waals surface area contributed by atoms with E-state index in [1.807, 2.05) is 6.08 Å². The van der Waals surface area contributed by atoms with Crippen LogP contribution in [0.4, 0.5) is 0 Å². The smallest absolute Gasteiger partial charge is 0.220 e. The van der Waals surface area contributed by atoms with Gasteiger partial charge in [-0.3, -0.25) is 4.79 Å². The van der Waals surface area contributed by atoms with Crippen molar-refractivity contribution in [2.75, 3.05) is 26.4 Å². The quantitative estimate of drug-likeness (QED) is 0.0199. The predicted octanol–water partition coefficient (Wildman–Crippen LogP) is 9.22. The average molecular weight is 1260 g/mol. The number of hydrogen-bond donors (Lipinski definition) is 12. The number of nitrogens with one attached hydrogen (secondary N) is 1. The zero-order chi connectivity index (χ0) is 64.0. The van der Waals surface area contributed by atoms with Crippen molar-refractivity contribution < 1.29 is 89.4 Å². The monoisotopic (exact) mass is 1260 g/mol. The van der Waals surface area contributed by atoms with Crippen LogP contribution in [0.1, 0.15) is 264 Å². The lowest BCUT2D eigenvalue weighted by atomic mass is 9.96. The summed E-state index contributed by atoms with van der Waals surface area (Å²) in [7, 11) is 0. The second kappa shape index (κ2) is 51.4. The van der Waals surface area contributed by atoms with Crippen LogP contribution in [0.15, 0.2) is 36.5 Å². The molecule has 0 saturated carbocycles. The van der Waals surface area contributed by atoms with Crippen LogP contribution in [0.2, 0.25) is 0 Å². The summed E-state index contributed by atoms with van der Waals surface area (Å²) in [5.41, 5.74) is 0. The van der Waals surface area contributed by atoms with Crippen LogP contribution >= 0.6 is 0 Å². The zero-order valence-corrected chi connectivity index (χ0v) is 54.5. The average Bonchev–Trinajstić information content (AvgIpc) is 3.59. The number of ether oxygens (including phenoxy) is 6. The molecule has 19 heteroatoms. The van der Waals surface area contributed by atoms with E-state index in [0.717, 1.165) is 57.8 Å². The Hall–Kier alpha value is -1.99. The maximum atomic E-state index is 13.4. The summed E-state index contributed by atoms with van der Waals surface area (Å²) >= 11 is 0. The second-order valence-corrected chi connectivity index (χ2v) is 25.3. The molecule has 12 N–H and O–H groups in total. The molecule has 88 heavy (non-hydrogen) atoms. The van der Waals surface area contributed by atoms with Gasteiger partial charge in [0.15, 0.2) is 18.9 Å². The highest BCUT2D eigenvalue weighted by Gasteiger charge is 2.53.